The zero-order valence-corrected chi connectivity index (χ0v) is 23.7. The monoisotopic (exact) mass is 506 g/mol. The highest BCUT2D eigenvalue weighted by Crippen LogP contribution is 2.41. The lowest BCUT2D eigenvalue weighted by Gasteiger charge is -2.32. The highest BCUT2D eigenvalue weighted by molar-refractivity contribution is 6.69. The van der Waals surface area contributed by atoms with E-state index in [2.05, 4.69) is 128 Å². The van der Waals surface area contributed by atoms with Crippen LogP contribution in [-0.4, -0.2) is 36.6 Å². The van der Waals surface area contributed by atoms with Crippen LogP contribution in [0.1, 0.15) is 55.4 Å². The quantitative estimate of drug-likeness (QED) is 0.243. The lowest BCUT2D eigenvalue weighted by atomic mass is 9.71. The van der Waals surface area contributed by atoms with E-state index in [1.165, 1.54) is 16.3 Å². The lowest BCUT2D eigenvalue weighted by Crippen LogP contribution is -2.41. The van der Waals surface area contributed by atoms with Crippen molar-refractivity contribution in [3.63, 3.8) is 0 Å². The Morgan fingerprint density at radius 3 is 1.24 bits per heavy atom. The van der Waals surface area contributed by atoms with E-state index in [-0.39, 0.29) is 18.3 Å². The normalized spacial score (nSPS) is 21.5. The molecule has 6 rings (SSSR count). The summed E-state index contributed by atoms with van der Waals surface area (Å²) in [6.45, 7) is 16.8. The molecule has 0 atom stereocenters. The van der Waals surface area contributed by atoms with Gasteiger partial charge in [0.25, 0.3) is 0 Å². The first kappa shape index (κ1) is 25.6. The van der Waals surface area contributed by atoms with E-state index in [1.54, 1.807) is 0 Å². The van der Waals surface area contributed by atoms with Gasteiger partial charge in [-0.15, -0.1) is 0 Å². The molecule has 2 aliphatic rings. The molecule has 4 nitrogen and oxygen atoms in total. The van der Waals surface area contributed by atoms with Crippen LogP contribution in [0, 0.1) is 0 Å². The van der Waals surface area contributed by atoms with Gasteiger partial charge in [-0.25, -0.2) is 0 Å². The molecular formula is C32H36B2O4. The lowest BCUT2D eigenvalue weighted by molar-refractivity contribution is 0.00578. The molecule has 0 bridgehead atoms. The molecule has 4 aromatic carbocycles. The van der Waals surface area contributed by atoms with Crippen molar-refractivity contribution in [3.8, 4) is 11.1 Å². The van der Waals surface area contributed by atoms with Crippen LogP contribution < -0.4 is 10.9 Å². The molecule has 2 saturated heterocycles. The van der Waals surface area contributed by atoms with Gasteiger partial charge in [0, 0.05) is 0 Å². The van der Waals surface area contributed by atoms with Crippen LogP contribution in [0.4, 0.5) is 0 Å². The third kappa shape index (κ3) is 3.84. The van der Waals surface area contributed by atoms with E-state index >= 15 is 0 Å². The molecule has 2 heterocycles. The van der Waals surface area contributed by atoms with Crippen LogP contribution in [-0.2, 0) is 18.6 Å². The Bertz CT molecular complexity index is 1450. The average Bonchev–Trinajstić information content (AvgIpc) is 3.21. The molecule has 0 aliphatic carbocycles. The molecule has 0 unspecified atom stereocenters. The second kappa shape index (κ2) is 8.43. The minimum atomic E-state index is -0.449. The third-order valence-corrected chi connectivity index (χ3v) is 9.19. The van der Waals surface area contributed by atoms with E-state index in [0.29, 0.717) is 0 Å². The van der Waals surface area contributed by atoms with Gasteiger partial charge in [0.15, 0.2) is 0 Å². The molecular weight excluding hydrogens is 470 g/mol. The second-order valence-electron chi connectivity index (χ2n) is 12.7. The number of hydrogen-bond acceptors (Lipinski definition) is 4. The van der Waals surface area contributed by atoms with Crippen LogP contribution in [0.25, 0.3) is 32.7 Å². The van der Waals surface area contributed by atoms with Crippen molar-refractivity contribution in [2.24, 2.45) is 0 Å². The molecule has 0 N–H and O–H groups in total. The Morgan fingerprint density at radius 2 is 0.816 bits per heavy atom. The Kier molecular flexibility index (Phi) is 5.69. The van der Waals surface area contributed by atoms with Gasteiger partial charge in [-0.05, 0) is 99.0 Å². The maximum absolute atomic E-state index is 6.57. The maximum atomic E-state index is 6.57. The van der Waals surface area contributed by atoms with E-state index in [9.17, 15) is 0 Å². The van der Waals surface area contributed by atoms with E-state index in [4.69, 9.17) is 18.6 Å². The smallest absolute Gasteiger partial charge is 0.399 e. The summed E-state index contributed by atoms with van der Waals surface area (Å²) in [4.78, 5) is 0. The Labute approximate surface area is 226 Å². The predicted molar refractivity (Wildman–Crippen MR) is 158 cm³/mol. The Hall–Kier alpha value is -2.63. The van der Waals surface area contributed by atoms with Gasteiger partial charge in [0.2, 0.25) is 0 Å². The highest BCUT2D eigenvalue weighted by atomic mass is 16.7. The number of benzene rings is 4. The summed E-state index contributed by atoms with van der Waals surface area (Å²) in [7, 11) is -0.831. The van der Waals surface area contributed by atoms with E-state index < -0.39 is 18.3 Å². The second-order valence-corrected chi connectivity index (χ2v) is 12.7. The summed E-state index contributed by atoms with van der Waals surface area (Å²) in [5.41, 5.74) is 2.90. The van der Waals surface area contributed by atoms with Crippen molar-refractivity contribution in [1.29, 1.82) is 0 Å². The van der Waals surface area contributed by atoms with Crippen LogP contribution in [0.3, 0.4) is 0 Å². The minimum absolute atomic E-state index is 0.369. The zero-order chi connectivity index (χ0) is 27.1. The van der Waals surface area contributed by atoms with Gasteiger partial charge in [0.1, 0.15) is 0 Å². The number of rotatable bonds is 3. The summed E-state index contributed by atoms with van der Waals surface area (Å²) in [5, 5.41) is 4.66. The SMILES string of the molecule is CC1(C)OB(c2ccc(-c3c4ccccc4c(B4OC(C)(C)C(C)(C)O4)c4ccccc34)cc2)OC1(C)C. The molecule has 0 radical (unpaired) electrons. The van der Waals surface area contributed by atoms with E-state index in [0.717, 1.165) is 27.3 Å². The minimum Gasteiger partial charge on any atom is -0.399 e. The van der Waals surface area contributed by atoms with Gasteiger partial charge in [-0.1, -0.05) is 72.8 Å². The summed E-state index contributed by atoms with van der Waals surface area (Å²) < 4.78 is 25.7. The largest absolute Gasteiger partial charge is 0.496 e. The first-order valence-corrected chi connectivity index (χ1v) is 13.6. The van der Waals surface area contributed by atoms with Gasteiger partial charge in [-0.3, -0.25) is 0 Å². The standard InChI is InChI=1S/C32H36B2O4/c1-29(2)30(3,4)36-33(35-29)22-19-17-21(18-20-22)27-23-13-9-11-15-25(23)28(26-16-12-10-14-24(26)27)34-37-31(5,6)32(7,8)38-34/h9-20H,1-8H3. The Balaban J connectivity index is 1.50. The maximum Gasteiger partial charge on any atom is 0.496 e. The summed E-state index contributed by atoms with van der Waals surface area (Å²) >= 11 is 0. The number of fused-ring (bicyclic) bond motifs is 2. The highest BCUT2D eigenvalue weighted by Gasteiger charge is 2.53. The van der Waals surface area contributed by atoms with Crippen molar-refractivity contribution in [3.05, 3.63) is 72.8 Å². The van der Waals surface area contributed by atoms with Crippen LogP contribution in [0.2, 0.25) is 0 Å². The number of hydrogen-bond donors (Lipinski definition) is 0. The fourth-order valence-electron chi connectivity index (χ4n) is 5.47. The third-order valence-electron chi connectivity index (χ3n) is 9.19. The molecule has 2 aliphatic heterocycles. The summed E-state index contributed by atoms with van der Waals surface area (Å²) in [6, 6.07) is 25.8. The van der Waals surface area contributed by atoms with Crippen LogP contribution in [0.15, 0.2) is 72.8 Å². The first-order valence-electron chi connectivity index (χ1n) is 13.6. The first-order chi connectivity index (χ1) is 17.8. The topological polar surface area (TPSA) is 36.9 Å². The van der Waals surface area contributed by atoms with Crippen molar-refractivity contribution in [2.45, 2.75) is 77.8 Å². The van der Waals surface area contributed by atoms with Crippen LogP contribution >= 0.6 is 0 Å². The van der Waals surface area contributed by atoms with Gasteiger partial charge >= 0.3 is 14.2 Å². The zero-order valence-electron chi connectivity index (χ0n) is 23.7. The molecule has 0 aromatic heterocycles. The van der Waals surface area contributed by atoms with Crippen molar-refractivity contribution >= 4 is 46.7 Å². The van der Waals surface area contributed by atoms with Gasteiger partial charge in [-0.2, -0.15) is 0 Å². The Morgan fingerprint density at radius 1 is 0.447 bits per heavy atom. The van der Waals surface area contributed by atoms with Crippen LogP contribution in [0.5, 0.6) is 0 Å². The molecule has 0 spiro atoms. The molecule has 4 aromatic rings. The molecule has 194 valence electrons. The van der Waals surface area contributed by atoms with Gasteiger partial charge < -0.3 is 18.6 Å². The van der Waals surface area contributed by atoms with E-state index in [1.807, 2.05) is 0 Å². The van der Waals surface area contributed by atoms with Gasteiger partial charge in [0.05, 0.1) is 22.4 Å². The average molecular weight is 506 g/mol. The van der Waals surface area contributed by atoms with Crippen molar-refractivity contribution in [2.75, 3.05) is 0 Å². The molecule has 6 heteroatoms. The fourth-order valence-corrected chi connectivity index (χ4v) is 5.47. The fraction of sp³-hybridized carbons (Fsp3) is 0.375. The summed E-state index contributed by atoms with van der Waals surface area (Å²) in [6.07, 6.45) is 0. The summed E-state index contributed by atoms with van der Waals surface area (Å²) in [5.74, 6) is 0. The predicted octanol–water partition coefficient (Wildman–Crippen LogP) is 6.26. The van der Waals surface area contributed by atoms with Crippen molar-refractivity contribution < 1.29 is 18.6 Å². The van der Waals surface area contributed by atoms with Crippen molar-refractivity contribution in [1.82, 2.24) is 0 Å². The molecule has 2 fully saturated rings. The molecule has 0 saturated carbocycles. The molecule has 0 amide bonds. The molecule has 38 heavy (non-hydrogen) atoms.